The quantitative estimate of drug-likeness (QED) is 0.789. The van der Waals surface area contributed by atoms with Crippen molar-refractivity contribution in [3.63, 3.8) is 0 Å². The smallest absolute Gasteiger partial charge is 0.110 e. The molecule has 0 aliphatic rings. The minimum absolute atomic E-state index is 0.00398. The number of aryl methyl sites for hydroxylation is 1. The molecule has 1 heterocycles. The fourth-order valence-corrected chi connectivity index (χ4v) is 1.42. The molecule has 0 saturated carbocycles. The number of aromatic nitrogens is 3. The summed E-state index contributed by atoms with van der Waals surface area (Å²) in [5.41, 5.74) is 0.780. The molecule has 0 aliphatic heterocycles. The Balaban J connectivity index is 2.58. The van der Waals surface area contributed by atoms with Gasteiger partial charge in [-0.25, -0.2) is 4.68 Å². The number of aliphatic hydroxyl groups is 1. The van der Waals surface area contributed by atoms with Crippen LogP contribution in [0.1, 0.15) is 45.9 Å². The highest BCUT2D eigenvalue weighted by Gasteiger charge is 2.17. The van der Waals surface area contributed by atoms with Crippen LogP contribution in [-0.4, -0.2) is 32.2 Å². The molecule has 0 fully saturated rings. The van der Waals surface area contributed by atoms with Gasteiger partial charge in [0.1, 0.15) is 6.10 Å². The summed E-state index contributed by atoms with van der Waals surface area (Å²) in [6.45, 7) is 9.59. The van der Waals surface area contributed by atoms with Crippen molar-refractivity contribution in [3.8, 4) is 0 Å². The SMILES string of the molecule is CCCn1nncc1C(O)CNC(C)(C)C. The molecule has 16 heavy (non-hydrogen) atoms. The van der Waals surface area contributed by atoms with E-state index in [9.17, 15) is 5.11 Å². The summed E-state index contributed by atoms with van der Waals surface area (Å²) >= 11 is 0. The molecular weight excluding hydrogens is 204 g/mol. The fourth-order valence-electron chi connectivity index (χ4n) is 1.42. The molecule has 2 N–H and O–H groups in total. The summed E-state index contributed by atoms with van der Waals surface area (Å²) in [4.78, 5) is 0. The van der Waals surface area contributed by atoms with Crippen molar-refractivity contribution in [1.29, 1.82) is 0 Å². The Hall–Kier alpha value is -0.940. The number of nitrogens with one attached hydrogen (secondary N) is 1. The van der Waals surface area contributed by atoms with Crippen LogP contribution in [0, 0.1) is 0 Å². The van der Waals surface area contributed by atoms with Crippen molar-refractivity contribution in [2.75, 3.05) is 6.54 Å². The molecule has 1 rings (SSSR count). The number of nitrogens with zero attached hydrogens (tertiary/aromatic N) is 3. The summed E-state index contributed by atoms with van der Waals surface area (Å²) in [7, 11) is 0. The molecule has 0 aromatic carbocycles. The predicted octanol–water partition coefficient (Wildman–Crippen LogP) is 1.11. The molecule has 0 saturated heterocycles. The number of aliphatic hydroxyl groups excluding tert-OH is 1. The summed E-state index contributed by atoms with van der Waals surface area (Å²) < 4.78 is 1.76. The minimum atomic E-state index is -0.555. The summed E-state index contributed by atoms with van der Waals surface area (Å²) in [5.74, 6) is 0. The first-order valence-corrected chi connectivity index (χ1v) is 5.75. The Morgan fingerprint density at radius 1 is 1.50 bits per heavy atom. The summed E-state index contributed by atoms with van der Waals surface area (Å²) in [6, 6.07) is 0. The van der Waals surface area contributed by atoms with E-state index in [1.165, 1.54) is 0 Å². The molecule has 0 radical (unpaired) electrons. The lowest BCUT2D eigenvalue weighted by atomic mass is 10.1. The Labute approximate surface area is 96.9 Å². The highest BCUT2D eigenvalue weighted by Crippen LogP contribution is 2.11. The molecule has 1 atom stereocenters. The zero-order valence-corrected chi connectivity index (χ0v) is 10.6. The van der Waals surface area contributed by atoms with Crippen molar-refractivity contribution >= 4 is 0 Å². The van der Waals surface area contributed by atoms with E-state index in [4.69, 9.17) is 0 Å². The average molecular weight is 226 g/mol. The fraction of sp³-hybridized carbons (Fsp3) is 0.818. The van der Waals surface area contributed by atoms with Crippen molar-refractivity contribution in [1.82, 2.24) is 20.3 Å². The Morgan fingerprint density at radius 3 is 2.75 bits per heavy atom. The van der Waals surface area contributed by atoms with Crippen LogP contribution in [0.25, 0.3) is 0 Å². The van der Waals surface area contributed by atoms with E-state index in [2.05, 4.69) is 43.3 Å². The molecule has 0 amide bonds. The first-order chi connectivity index (χ1) is 7.44. The van der Waals surface area contributed by atoms with Gasteiger partial charge in [0.15, 0.2) is 0 Å². The van der Waals surface area contributed by atoms with Gasteiger partial charge in [0.05, 0.1) is 11.9 Å². The van der Waals surface area contributed by atoms with Gasteiger partial charge in [0, 0.05) is 18.6 Å². The summed E-state index contributed by atoms with van der Waals surface area (Å²) in [6.07, 6.45) is 2.06. The van der Waals surface area contributed by atoms with Crippen LogP contribution in [0.15, 0.2) is 6.20 Å². The normalized spacial score (nSPS) is 14.1. The van der Waals surface area contributed by atoms with Crippen LogP contribution in [0.3, 0.4) is 0 Å². The third kappa shape index (κ3) is 3.90. The van der Waals surface area contributed by atoms with E-state index in [0.717, 1.165) is 18.7 Å². The van der Waals surface area contributed by atoms with Crippen LogP contribution in [0.5, 0.6) is 0 Å². The van der Waals surface area contributed by atoms with Crippen LogP contribution in [0.4, 0.5) is 0 Å². The average Bonchev–Trinajstić information content (AvgIpc) is 2.62. The second-order valence-electron chi connectivity index (χ2n) is 5.03. The lowest BCUT2D eigenvalue weighted by Gasteiger charge is -2.22. The molecular formula is C11H22N4O. The zero-order valence-electron chi connectivity index (χ0n) is 10.6. The van der Waals surface area contributed by atoms with E-state index < -0.39 is 6.10 Å². The van der Waals surface area contributed by atoms with Gasteiger partial charge in [-0.05, 0) is 27.2 Å². The van der Waals surface area contributed by atoms with Crippen molar-refractivity contribution in [2.45, 2.75) is 52.3 Å². The van der Waals surface area contributed by atoms with Crippen molar-refractivity contribution in [3.05, 3.63) is 11.9 Å². The number of hydrogen-bond donors (Lipinski definition) is 2. The lowest BCUT2D eigenvalue weighted by Crippen LogP contribution is -2.38. The minimum Gasteiger partial charge on any atom is -0.385 e. The van der Waals surface area contributed by atoms with Gasteiger partial charge in [0.25, 0.3) is 0 Å². The lowest BCUT2D eigenvalue weighted by molar-refractivity contribution is 0.153. The van der Waals surface area contributed by atoms with Crippen molar-refractivity contribution in [2.24, 2.45) is 0 Å². The highest BCUT2D eigenvalue weighted by atomic mass is 16.3. The van der Waals surface area contributed by atoms with Crippen LogP contribution >= 0.6 is 0 Å². The van der Waals surface area contributed by atoms with Gasteiger partial charge in [-0.3, -0.25) is 0 Å². The van der Waals surface area contributed by atoms with Gasteiger partial charge >= 0.3 is 0 Å². The zero-order chi connectivity index (χ0) is 12.2. The molecule has 5 nitrogen and oxygen atoms in total. The maximum Gasteiger partial charge on any atom is 0.110 e. The standard InChI is InChI=1S/C11H22N4O/c1-5-6-15-9(7-13-14-15)10(16)8-12-11(2,3)4/h7,10,12,16H,5-6,8H2,1-4H3. The number of β-amino-alcohol motifs (C(OH)–C–C–N with tert-alkyl or cyclic N) is 1. The van der Waals surface area contributed by atoms with Crippen LogP contribution in [0.2, 0.25) is 0 Å². The highest BCUT2D eigenvalue weighted by molar-refractivity contribution is 5.00. The Morgan fingerprint density at radius 2 is 2.19 bits per heavy atom. The second kappa shape index (κ2) is 5.41. The molecule has 1 aromatic rings. The Kier molecular flexibility index (Phi) is 4.44. The number of hydrogen-bond acceptors (Lipinski definition) is 4. The molecule has 1 aromatic heterocycles. The molecule has 92 valence electrons. The maximum atomic E-state index is 10.0. The van der Waals surface area contributed by atoms with E-state index in [0.29, 0.717) is 6.54 Å². The number of rotatable bonds is 5. The van der Waals surface area contributed by atoms with E-state index in [-0.39, 0.29) is 5.54 Å². The van der Waals surface area contributed by atoms with Gasteiger partial charge in [-0.15, -0.1) is 5.10 Å². The van der Waals surface area contributed by atoms with Gasteiger partial charge < -0.3 is 10.4 Å². The van der Waals surface area contributed by atoms with Crippen molar-refractivity contribution < 1.29 is 5.11 Å². The molecule has 0 aliphatic carbocycles. The molecule has 0 spiro atoms. The molecule has 1 unspecified atom stereocenters. The predicted molar refractivity (Wildman–Crippen MR) is 63.0 cm³/mol. The van der Waals surface area contributed by atoms with Crippen LogP contribution in [-0.2, 0) is 6.54 Å². The van der Waals surface area contributed by atoms with E-state index in [1.807, 2.05) is 0 Å². The molecule has 5 heteroatoms. The molecule has 0 bridgehead atoms. The van der Waals surface area contributed by atoms with E-state index in [1.54, 1.807) is 10.9 Å². The Bertz CT molecular complexity index is 316. The van der Waals surface area contributed by atoms with E-state index >= 15 is 0 Å². The maximum absolute atomic E-state index is 10.0. The topological polar surface area (TPSA) is 63.0 Å². The third-order valence-corrected chi connectivity index (χ3v) is 2.25. The van der Waals surface area contributed by atoms with Gasteiger partial charge in [0.2, 0.25) is 0 Å². The first kappa shape index (κ1) is 13.1. The van der Waals surface area contributed by atoms with Gasteiger partial charge in [-0.1, -0.05) is 12.1 Å². The monoisotopic (exact) mass is 226 g/mol. The largest absolute Gasteiger partial charge is 0.385 e. The first-order valence-electron chi connectivity index (χ1n) is 5.75. The van der Waals surface area contributed by atoms with Crippen LogP contribution < -0.4 is 5.32 Å². The van der Waals surface area contributed by atoms with Gasteiger partial charge in [-0.2, -0.15) is 0 Å². The summed E-state index contributed by atoms with van der Waals surface area (Å²) in [5, 5.41) is 21.1. The third-order valence-electron chi connectivity index (χ3n) is 2.25. The second-order valence-corrected chi connectivity index (χ2v) is 5.03.